The standard InChI is InChI=1S/C21H30N6O4S2/c1-15(13-28)22-18-12-19(24-21(23-18)32-14-16-8-5-4-6-9-16)25-33(30,31)27-11-7-10-17(27)20(29)26(2)3/h4-6,8-9,12,15,17,28H,7,10-11,13-14H2,1-3H3,(H2,22,23,24,25)/t15-,17+/m1/s1. The third kappa shape index (κ3) is 6.79. The van der Waals surface area contributed by atoms with Gasteiger partial charge in [0.25, 0.3) is 0 Å². The second kappa shape index (κ2) is 11.1. The van der Waals surface area contributed by atoms with Crippen LogP contribution < -0.4 is 10.0 Å². The molecule has 12 heteroatoms. The first kappa shape index (κ1) is 25.2. The van der Waals surface area contributed by atoms with Crippen LogP contribution in [0.2, 0.25) is 0 Å². The lowest BCUT2D eigenvalue weighted by atomic mass is 10.2. The van der Waals surface area contributed by atoms with E-state index in [4.69, 9.17) is 0 Å². The lowest BCUT2D eigenvalue weighted by Gasteiger charge is -2.25. The molecule has 2 atom stereocenters. The molecule has 1 amide bonds. The van der Waals surface area contributed by atoms with Gasteiger partial charge in [0, 0.05) is 38.5 Å². The third-order valence-corrected chi connectivity index (χ3v) is 7.50. The molecule has 0 spiro atoms. The fraction of sp³-hybridized carbons (Fsp3) is 0.476. The Bertz CT molecular complexity index is 1050. The van der Waals surface area contributed by atoms with Crippen LogP contribution in [0.5, 0.6) is 0 Å². The first-order valence-corrected chi connectivity index (χ1v) is 13.1. The van der Waals surface area contributed by atoms with Crippen LogP contribution in [-0.2, 0) is 20.8 Å². The molecule has 1 fully saturated rings. The number of benzene rings is 1. The summed E-state index contributed by atoms with van der Waals surface area (Å²) in [7, 11) is -0.794. The molecule has 1 saturated heterocycles. The van der Waals surface area contributed by atoms with E-state index in [1.165, 1.54) is 27.0 Å². The molecule has 3 rings (SSSR count). The van der Waals surface area contributed by atoms with Crippen molar-refractivity contribution in [2.75, 3.05) is 37.3 Å². The molecule has 0 saturated carbocycles. The Morgan fingerprint density at radius 3 is 2.64 bits per heavy atom. The Hall–Kier alpha value is -2.41. The van der Waals surface area contributed by atoms with Gasteiger partial charge in [0.2, 0.25) is 5.91 Å². The third-order valence-electron chi connectivity index (χ3n) is 5.06. The van der Waals surface area contributed by atoms with Crippen LogP contribution >= 0.6 is 11.8 Å². The summed E-state index contributed by atoms with van der Waals surface area (Å²) in [5.41, 5.74) is 1.08. The number of aliphatic hydroxyl groups excluding tert-OH is 1. The summed E-state index contributed by atoms with van der Waals surface area (Å²) < 4.78 is 30.0. The smallest absolute Gasteiger partial charge is 0.303 e. The lowest BCUT2D eigenvalue weighted by molar-refractivity contribution is -0.132. The number of rotatable bonds is 10. The topological polar surface area (TPSA) is 128 Å². The lowest BCUT2D eigenvalue weighted by Crippen LogP contribution is -2.47. The van der Waals surface area contributed by atoms with Crippen molar-refractivity contribution in [3.8, 4) is 0 Å². The van der Waals surface area contributed by atoms with Gasteiger partial charge in [-0.1, -0.05) is 42.1 Å². The Balaban J connectivity index is 1.83. The first-order chi connectivity index (χ1) is 15.7. The monoisotopic (exact) mass is 494 g/mol. The molecule has 10 nitrogen and oxygen atoms in total. The number of hydrogen-bond donors (Lipinski definition) is 3. The molecular formula is C21H30N6O4S2. The van der Waals surface area contributed by atoms with Crippen molar-refractivity contribution in [1.29, 1.82) is 0 Å². The second-order valence-electron chi connectivity index (χ2n) is 8.03. The molecule has 1 aromatic carbocycles. The Morgan fingerprint density at radius 1 is 1.27 bits per heavy atom. The fourth-order valence-corrected chi connectivity index (χ4v) is 5.60. The van der Waals surface area contributed by atoms with Gasteiger partial charge in [0.05, 0.1) is 6.61 Å². The number of hydrogen-bond acceptors (Lipinski definition) is 8. The summed E-state index contributed by atoms with van der Waals surface area (Å²) >= 11 is 1.37. The van der Waals surface area contributed by atoms with Gasteiger partial charge < -0.3 is 15.3 Å². The number of aromatic nitrogens is 2. The molecule has 0 aliphatic carbocycles. The SMILES string of the molecule is C[C@H](CO)Nc1cc(NS(=O)(=O)N2CCC[C@H]2C(=O)N(C)C)nc(SCc2ccccc2)n1. The second-order valence-corrected chi connectivity index (χ2v) is 10.6. The van der Waals surface area contributed by atoms with E-state index >= 15 is 0 Å². The van der Waals surface area contributed by atoms with E-state index in [9.17, 15) is 18.3 Å². The van der Waals surface area contributed by atoms with Crippen LogP contribution in [0.15, 0.2) is 41.6 Å². The van der Waals surface area contributed by atoms with Crippen molar-refractivity contribution in [2.24, 2.45) is 0 Å². The van der Waals surface area contributed by atoms with E-state index in [1.54, 1.807) is 21.0 Å². The van der Waals surface area contributed by atoms with E-state index in [1.807, 2.05) is 30.3 Å². The highest BCUT2D eigenvalue weighted by Crippen LogP contribution is 2.26. The molecule has 33 heavy (non-hydrogen) atoms. The van der Waals surface area contributed by atoms with Crippen LogP contribution in [0.4, 0.5) is 11.6 Å². The highest BCUT2D eigenvalue weighted by atomic mass is 32.2. The molecule has 1 aliphatic heterocycles. The summed E-state index contributed by atoms with van der Waals surface area (Å²) in [6.07, 6.45) is 1.08. The molecule has 1 aromatic heterocycles. The number of thioether (sulfide) groups is 1. The number of amides is 1. The maximum Gasteiger partial charge on any atom is 0.303 e. The molecule has 2 heterocycles. The Morgan fingerprint density at radius 2 is 1.97 bits per heavy atom. The van der Waals surface area contributed by atoms with Crippen molar-refractivity contribution in [3.63, 3.8) is 0 Å². The summed E-state index contributed by atoms with van der Waals surface area (Å²) in [6, 6.07) is 10.3. The maximum absolute atomic E-state index is 13.1. The summed E-state index contributed by atoms with van der Waals surface area (Å²) in [4.78, 5) is 22.7. The van der Waals surface area contributed by atoms with Crippen molar-refractivity contribution < 1.29 is 18.3 Å². The first-order valence-electron chi connectivity index (χ1n) is 10.6. The number of nitrogens with one attached hydrogen (secondary N) is 2. The number of nitrogens with zero attached hydrogens (tertiary/aromatic N) is 4. The zero-order valence-corrected chi connectivity index (χ0v) is 20.6. The summed E-state index contributed by atoms with van der Waals surface area (Å²) in [5, 5.41) is 12.8. The van der Waals surface area contributed by atoms with E-state index in [0.717, 1.165) is 5.56 Å². The summed E-state index contributed by atoms with van der Waals surface area (Å²) in [5.74, 6) is 0.842. The normalized spacial score (nSPS) is 17.5. The van der Waals surface area contributed by atoms with Crippen molar-refractivity contribution in [1.82, 2.24) is 19.2 Å². The average Bonchev–Trinajstić information content (AvgIpc) is 3.28. The van der Waals surface area contributed by atoms with E-state index in [-0.39, 0.29) is 30.9 Å². The van der Waals surface area contributed by atoms with Crippen molar-refractivity contribution >= 4 is 39.5 Å². The van der Waals surface area contributed by atoms with Gasteiger partial charge in [0.1, 0.15) is 17.7 Å². The van der Waals surface area contributed by atoms with E-state index < -0.39 is 16.3 Å². The fourth-order valence-electron chi connectivity index (χ4n) is 3.40. The minimum absolute atomic E-state index is 0.0937. The van der Waals surface area contributed by atoms with E-state index in [2.05, 4.69) is 20.0 Å². The van der Waals surface area contributed by atoms with Crippen molar-refractivity contribution in [2.45, 2.75) is 42.8 Å². The average molecular weight is 495 g/mol. The van der Waals surface area contributed by atoms with Crippen LogP contribution in [0.3, 0.4) is 0 Å². The van der Waals surface area contributed by atoms with Crippen molar-refractivity contribution in [3.05, 3.63) is 42.0 Å². The molecule has 0 radical (unpaired) electrons. The van der Waals surface area contributed by atoms with Gasteiger partial charge in [-0.15, -0.1) is 0 Å². The van der Waals surface area contributed by atoms with Gasteiger partial charge in [-0.05, 0) is 25.3 Å². The predicted octanol–water partition coefficient (Wildman–Crippen LogP) is 1.77. The van der Waals surface area contributed by atoms with Gasteiger partial charge in [-0.2, -0.15) is 12.7 Å². The number of carbonyl (C=O) groups excluding carboxylic acids is 1. The predicted molar refractivity (Wildman–Crippen MR) is 129 cm³/mol. The highest BCUT2D eigenvalue weighted by Gasteiger charge is 2.39. The van der Waals surface area contributed by atoms with Gasteiger partial charge in [-0.3, -0.25) is 9.52 Å². The summed E-state index contributed by atoms with van der Waals surface area (Å²) in [6.45, 7) is 1.93. The Labute approximate surface area is 199 Å². The highest BCUT2D eigenvalue weighted by molar-refractivity contribution is 7.98. The Kier molecular flexibility index (Phi) is 8.51. The zero-order valence-electron chi connectivity index (χ0n) is 18.9. The van der Waals surface area contributed by atoms with Gasteiger partial charge >= 0.3 is 10.2 Å². The maximum atomic E-state index is 13.1. The number of likely N-dealkylation sites (N-methyl/N-ethyl adjacent to an activating group) is 1. The van der Waals surface area contributed by atoms with Gasteiger partial charge in [0.15, 0.2) is 5.16 Å². The molecule has 3 N–H and O–H groups in total. The van der Waals surface area contributed by atoms with Crippen LogP contribution in [0.25, 0.3) is 0 Å². The van der Waals surface area contributed by atoms with Crippen LogP contribution in [0.1, 0.15) is 25.3 Å². The molecule has 1 aliphatic rings. The van der Waals surface area contributed by atoms with E-state index in [0.29, 0.717) is 29.6 Å². The quantitative estimate of drug-likeness (QED) is 0.337. The molecular weight excluding hydrogens is 464 g/mol. The minimum atomic E-state index is -4.02. The number of anilines is 2. The zero-order chi connectivity index (χ0) is 24.0. The number of aliphatic hydroxyl groups is 1. The van der Waals surface area contributed by atoms with Crippen LogP contribution in [0, 0.1) is 0 Å². The molecule has 180 valence electrons. The largest absolute Gasteiger partial charge is 0.394 e. The molecule has 0 bridgehead atoms. The molecule has 0 unspecified atom stereocenters. The number of carbonyl (C=O) groups is 1. The van der Waals surface area contributed by atoms with Crippen LogP contribution in [-0.4, -0.2) is 77.9 Å². The van der Waals surface area contributed by atoms with Gasteiger partial charge in [-0.25, -0.2) is 9.97 Å². The molecule has 2 aromatic rings. The minimum Gasteiger partial charge on any atom is -0.394 e.